The summed E-state index contributed by atoms with van der Waals surface area (Å²) in [6.07, 6.45) is 1.05. The fraction of sp³-hybridized carbons (Fsp3) is 0.581. The predicted octanol–water partition coefficient (Wildman–Crippen LogP) is 5.38. The minimum Gasteiger partial charge on any atom is -0.444 e. The van der Waals surface area contributed by atoms with Gasteiger partial charge in [-0.15, -0.1) is 0 Å². The summed E-state index contributed by atoms with van der Waals surface area (Å²) in [6, 6.07) is 4.53. The van der Waals surface area contributed by atoms with Crippen LogP contribution in [0.25, 0.3) is 0 Å². The minimum atomic E-state index is -0.580. The lowest BCUT2D eigenvalue weighted by molar-refractivity contribution is -0.00252. The highest BCUT2D eigenvalue weighted by Gasteiger charge is 2.38. The van der Waals surface area contributed by atoms with Crippen molar-refractivity contribution in [3.8, 4) is 0 Å². The Kier molecular flexibility index (Phi) is 9.37. The Morgan fingerprint density at radius 2 is 1.70 bits per heavy atom. The number of aromatic nitrogens is 1. The highest BCUT2D eigenvalue weighted by atomic mass is 19.1. The van der Waals surface area contributed by atoms with Crippen molar-refractivity contribution in [2.45, 2.75) is 105 Å². The second-order valence-corrected chi connectivity index (χ2v) is 12.1. The summed E-state index contributed by atoms with van der Waals surface area (Å²) in [5, 5.41) is 2.83. The molecule has 1 aromatic carbocycles. The number of anilines is 1. The standard InChI is InChI=1S/C31H45FN4O4/c1-11-35(24-13-20(4)36(21(5)14-24)30(39)40-31(7,8)9)27-16-23(32)15-25(22(27)6)28(37)33-17-26-18(2)12-19(3)34(10)29(26)38/h12,15-16,20-21,24H,11,13-14,17H2,1-10H3,(H,33,37)/t20-,21-/m1/s1. The van der Waals surface area contributed by atoms with Crippen LogP contribution in [0.4, 0.5) is 14.9 Å². The number of piperidine rings is 1. The normalized spacial score (nSPS) is 19.4. The van der Waals surface area contributed by atoms with Crippen molar-refractivity contribution in [2.75, 3.05) is 11.4 Å². The second kappa shape index (κ2) is 12.0. The maximum absolute atomic E-state index is 15.0. The highest BCUT2D eigenvalue weighted by Crippen LogP contribution is 2.34. The molecule has 1 N–H and O–H groups in total. The number of carbonyl (C=O) groups is 2. The van der Waals surface area contributed by atoms with Crippen LogP contribution in [0.15, 0.2) is 23.0 Å². The van der Waals surface area contributed by atoms with Crippen LogP contribution < -0.4 is 15.8 Å². The molecular formula is C31H45FN4O4. The summed E-state index contributed by atoms with van der Waals surface area (Å²) in [7, 11) is 1.70. The van der Waals surface area contributed by atoms with Gasteiger partial charge in [0.2, 0.25) is 0 Å². The summed E-state index contributed by atoms with van der Waals surface area (Å²) in [5.41, 5.74) is 2.97. The molecular weight excluding hydrogens is 511 g/mol. The zero-order valence-electron chi connectivity index (χ0n) is 25.6. The van der Waals surface area contributed by atoms with Crippen LogP contribution >= 0.6 is 0 Å². The van der Waals surface area contributed by atoms with Crippen LogP contribution in [-0.4, -0.2) is 51.7 Å². The van der Waals surface area contributed by atoms with Crippen LogP contribution in [0.2, 0.25) is 0 Å². The molecule has 2 amide bonds. The number of nitrogens with zero attached hydrogens (tertiary/aromatic N) is 3. The van der Waals surface area contributed by atoms with Crippen LogP contribution in [0.1, 0.15) is 87.1 Å². The first-order valence-electron chi connectivity index (χ1n) is 14.1. The number of aryl methyl sites for hydroxylation is 2. The van der Waals surface area contributed by atoms with E-state index in [0.29, 0.717) is 36.2 Å². The SMILES string of the molecule is CCN(c1cc(F)cc(C(=O)NCc2c(C)cc(C)n(C)c2=O)c1C)C1C[C@@H](C)N(C(=O)OC(C)(C)C)[C@H](C)C1. The topological polar surface area (TPSA) is 83.9 Å². The van der Waals surface area contributed by atoms with Crippen molar-refractivity contribution in [3.05, 3.63) is 62.3 Å². The summed E-state index contributed by atoms with van der Waals surface area (Å²) in [5.74, 6) is -0.934. The van der Waals surface area contributed by atoms with E-state index in [2.05, 4.69) is 10.2 Å². The zero-order valence-corrected chi connectivity index (χ0v) is 25.6. The van der Waals surface area contributed by atoms with E-state index in [1.54, 1.807) is 16.5 Å². The molecule has 1 aliphatic rings. The monoisotopic (exact) mass is 556 g/mol. The molecule has 0 unspecified atom stereocenters. The molecule has 1 aromatic heterocycles. The molecule has 40 heavy (non-hydrogen) atoms. The first-order valence-corrected chi connectivity index (χ1v) is 14.1. The van der Waals surface area contributed by atoms with E-state index in [-0.39, 0.29) is 41.9 Å². The Morgan fingerprint density at radius 3 is 2.25 bits per heavy atom. The molecule has 220 valence electrons. The van der Waals surface area contributed by atoms with E-state index in [4.69, 9.17) is 4.74 Å². The second-order valence-electron chi connectivity index (χ2n) is 12.1. The summed E-state index contributed by atoms with van der Waals surface area (Å²) in [4.78, 5) is 42.8. The number of benzene rings is 1. The van der Waals surface area contributed by atoms with E-state index in [9.17, 15) is 18.8 Å². The average molecular weight is 557 g/mol. The lowest BCUT2D eigenvalue weighted by atomic mass is 9.90. The number of rotatable bonds is 6. The molecule has 0 saturated carbocycles. The first-order chi connectivity index (χ1) is 18.5. The molecule has 9 heteroatoms. The number of pyridine rings is 1. The fourth-order valence-electron chi connectivity index (χ4n) is 5.81. The molecule has 2 heterocycles. The number of hydrogen-bond acceptors (Lipinski definition) is 5. The Morgan fingerprint density at radius 1 is 1.10 bits per heavy atom. The van der Waals surface area contributed by atoms with E-state index in [1.807, 2.05) is 68.4 Å². The highest BCUT2D eigenvalue weighted by molar-refractivity contribution is 5.97. The van der Waals surface area contributed by atoms with Gasteiger partial charge in [0.25, 0.3) is 11.5 Å². The van der Waals surface area contributed by atoms with Crippen molar-refractivity contribution in [1.82, 2.24) is 14.8 Å². The molecule has 2 aromatic rings. The molecule has 8 nitrogen and oxygen atoms in total. The third kappa shape index (κ3) is 6.67. The van der Waals surface area contributed by atoms with Gasteiger partial charge in [-0.2, -0.15) is 0 Å². The van der Waals surface area contributed by atoms with E-state index < -0.39 is 17.3 Å². The van der Waals surface area contributed by atoms with Gasteiger partial charge in [-0.3, -0.25) is 9.59 Å². The number of hydrogen-bond donors (Lipinski definition) is 1. The number of likely N-dealkylation sites (tertiary alicyclic amines) is 1. The van der Waals surface area contributed by atoms with Crippen LogP contribution in [0.3, 0.4) is 0 Å². The van der Waals surface area contributed by atoms with Gasteiger partial charge in [0.1, 0.15) is 11.4 Å². The van der Waals surface area contributed by atoms with Crippen molar-refractivity contribution < 1.29 is 18.7 Å². The molecule has 0 spiro atoms. The molecule has 0 aliphatic carbocycles. The van der Waals surface area contributed by atoms with Gasteiger partial charge in [-0.05, 0) is 104 Å². The van der Waals surface area contributed by atoms with E-state index in [0.717, 1.165) is 11.3 Å². The molecule has 1 saturated heterocycles. The van der Waals surface area contributed by atoms with Gasteiger partial charge in [-0.1, -0.05) is 0 Å². The van der Waals surface area contributed by atoms with Gasteiger partial charge in [-0.25, -0.2) is 9.18 Å². The number of ether oxygens (including phenoxy) is 1. The van der Waals surface area contributed by atoms with Crippen LogP contribution in [-0.2, 0) is 18.3 Å². The average Bonchev–Trinajstić information content (AvgIpc) is 2.83. The number of amides is 2. The Balaban J connectivity index is 1.84. The Labute approximate surface area is 237 Å². The van der Waals surface area contributed by atoms with E-state index in [1.165, 1.54) is 12.1 Å². The molecule has 1 fully saturated rings. The van der Waals surface area contributed by atoms with Crippen LogP contribution in [0.5, 0.6) is 0 Å². The molecule has 3 rings (SSSR count). The van der Waals surface area contributed by atoms with Gasteiger partial charge in [0, 0.05) is 60.8 Å². The third-order valence-electron chi connectivity index (χ3n) is 7.88. The maximum Gasteiger partial charge on any atom is 0.410 e. The van der Waals surface area contributed by atoms with Crippen LogP contribution in [0, 0.1) is 26.6 Å². The first kappa shape index (κ1) is 31.2. The largest absolute Gasteiger partial charge is 0.444 e. The van der Waals surface area contributed by atoms with Crippen molar-refractivity contribution in [1.29, 1.82) is 0 Å². The van der Waals surface area contributed by atoms with Gasteiger partial charge >= 0.3 is 6.09 Å². The Hall–Kier alpha value is -3.36. The lowest BCUT2D eigenvalue weighted by Crippen LogP contribution is -2.56. The molecule has 2 atom stereocenters. The predicted molar refractivity (Wildman–Crippen MR) is 157 cm³/mol. The third-order valence-corrected chi connectivity index (χ3v) is 7.88. The molecule has 0 bridgehead atoms. The van der Waals surface area contributed by atoms with Crippen molar-refractivity contribution in [3.63, 3.8) is 0 Å². The minimum absolute atomic E-state index is 0.0447. The van der Waals surface area contributed by atoms with Gasteiger partial charge < -0.3 is 24.4 Å². The number of nitrogens with one attached hydrogen (secondary N) is 1. The van der Waals surface area contributed by atoms with E-state index >= 15 is 0 Å². The molecule has 1 aliphatic heterocycles. The fourth-order valence-corrected chi connectivity index (χ4v) is 5.81. The summed E-state index contributed by atoms with van der Waals surface area (Å²) < 4.78 is 22.2. The quantitative estimate of drug-likeness (QED) is 0.516. The summed E-state index contributed by atoms with van der Waals surface area (Å²) >= 11 is 0. The van der Waals surface area contributed by atoms with Crippen molar-refractivity contribution >= 4 is 17.7 Å². The van der Waals surface area contributed by atoms with Gasteiger partial charge in [0.05, 0.1) is 0 Å². The lowest BCUT2D eigenvalue weighted by Gasteiger charge is -2.47. The van der Waals surface area contributed by atoms with Gasteiger partial charge in [0.15, 0.2) is 0 Å². The summed E-state index contributed by atoms with van der Waals surface area (Å²) in [6.45, 7) is 17.8. The number of carbonyl (C=O) groups excluding carboxylic acids is 2. The Bertz CT molecular complexity index is 1320. The van der Waals surface area contributed by atoms with Crippen molar-refractivity contribution in [2.24, 2.45) is 7.05 Å². The zero-order chi connectivity index (χ0) is 30.1. The molecule has 0 radical (unpaired) electrons. The number of halogens is 1. The maximum atomic E-state index is 15.0. The smallest absolute Gasteiger partial charge is 0.410 e.